The van der Waals surface area contributed by atoms with Gasteiger partial charge in [-0.3, -0.25) is 9.69 Å². The molecule has 4 fully saturated rings. The van der Waals surface area contributed by atoms with Crippen molar-refractivity contribution in [1.29, 1.82) is 0 Å². The average Bonchev–Trinajstić information content (AvgIpc) is 3.31. The lowest BCUT2D eigenvalue weighted by atomic mass is 9.90. The van der Waals surface area contributed by atoms with Crippen molar-refractivity contribution in [3.8, 4) is 0 Å². The quantitative estimate of drug-likeness (QED) is 0.772. The van der Waals surface area contributed by atoms with Crippen molar-refractivity contribution < 1.29 is 14.3 Å². The summed E-state index contributed by atoms with van der Waals surface area (Å²) < 4.78 is 11.4. The van der Waals surface area contributed by atoms with E-state index < -0.39 is 0 Å². The van der Waals surface area contributed by atoms with E-state index in [1.807, 2.05) is 0 Å². The Morgan fingerprint density at radius 3 is 2.74 bits per heavy atom. The van der Waals surface area contributed by atoms with E-state index in [0.29, 0.717) is 43.2 Å². The molecular weight excluding hydrogens is 292 g/mol. The van der Waals surface area contributed by atoms with E-state index in [4.69, 9.17) is 9.47 Å². The summed E-state index contributed by atoms with van der Waals surface area (Å²) in [5, 5.41) is 0. The summed E-state index contributed by atoms with van der Waals surface area (Å²) in [5.41, 5.74) is 0. The molecule has 2 saturated carbocycles. The molecule has 0 bridgehead atoms. The van der Waals surface area contributed by atoms with Gasteiger partial charge in [0.25, 0.3) is 0 Å². The zero-order chi connectivity index (χ0) is 15.6. The second-order valence-electron chi connectivity index (χ2n) is 7.74. The predicted octanol–water partition coefficient (Wildman–Crippen LogP) is 1.66. The molecule has 0 aromatic rings. The molecule has 2 aliphatic heterocycles. The first-order valence-electron chi connectivity index (χ1n) is 9.54. The number of rotatable bonds is 5. The summed E-state index contributed by atoms with van der Waals surface area (Å²) in [6, 6.07) is 0.976. The van der Waals surface area contributed by atoms with E-state index in [2.05, 4.69) is 9.80 Å². The third kappa shape index (κ3) is 3.72. The number of hydrogen-bond acceptors (Lipinski definition) is 4. The molecule has 0 aromatic heterocycles. The third-order valence-corrected chi connectivity index (χ3v) is 5.97. The Morgan fingerprint density at radius 1 is 1.09 bits per heavy atom. The first kappa shape index (κ1) is 15.9. The van der Waals surface area contributed by atoms with Crippen molar-refractivity contribution in [2.45, 2.75) is 63.1 Å². The fraction of sp³-hybridized carbons (Fsp3) is 0.944. The molecule has 0 spiro atoms. The van der Waals surface area contributed by atoms with E-state index in [9.17, 15) is 4.79 Å². The molecule has 2 aliphatic carbocycles. The molecule has 130 valence electrons. The van der Waals surface area contributed by atoms with Crippen LogP contribution in [0.4, 0.5) is 0 Å². The zero-order valence-electron chi connectivity index (χ0n) is 14.1. The lowest BCUT2D eigenvalue weighted by Crippen LogP contribution is -2.57. The minimum atomic E-state index is 0.291. The predicted molar refractivity (Wildman–Crippen MR) is 87.2 cm³/mol. The molecule has 5 heteroatoms. The number of fused-ring (bicyclic) bond motifs is 1. The molecule has 1 amide bonds. The van der Waals surface area contributed by atoms with Gasteiger partial charge in [0, 0.05) is 25.7 Å². The second-order valence-corrected chi connectivity index (χ2v) is 7.74. The van der Waals surface area contributed by atoms with Gasteiger partial charge >= 0.3 is 0 Å². The molecule has 2 heterocycles. The number of hydrogen-bond donors (Lipinski definition) is 0. The maximum atomic E-state index is 13.0. The number of nitrogens with zero attached hydrogens (tertiary/aromatic N) is 2. The molecule has 5 nitrogen and oxygen atoms in total. The molecule has 2 saturated heterocycles. The normalized spacial score (nSPS) is 34.7. The van der Waals surface area contributed by atoms with Crippen LogP contribution in [0.25, 0.3) is 0 Å². The number of amides is 1. The summed E-state index contributed by atoms with van der Waals surface area (Å²) in [6.45, 7) is 4.90. The van der Waals surface area contributed by atoms with Gasteiger partial charge in [-0.25, -0.2) is 0 Å². The Hall–Kier alpha value is -0.650. The third-order valence-electron chi connectivity index (χ3n) is 5.97. The number of morpholine rings is 1. The Kier molecular flexibility index (Phi) is 4.88. The van der Waals surface area contributed by atoms with Crippen molar-refractivity contribution in [3.05, 3.63) is 0 Å². The Labute approximate surface area is 139 Å². The molecule has 23 heavy (non-hydrogen) atoms. The minimum absolute atomic E-state index is 0.291. The summed E-state index contributed by atoms with van der Waals surface area (Å²) in [5.74, 6) is 0.950. The van der Waals surface area contributed by atoms with Crippen molar-refractivity contribution in [2.24, 2.45) is 5.92 Å². The van der Waals surface area contributed by atoms with Crippen molar-refractivity contribution in [1.82, 2.24) is 9.80 Å². The molecule has 0 N–H and O–H groups in total. The van der Waals surface area contributed by atoms with Crippen LogP contribution >= 0.6 is 0 Å². The summed E-state index contributed by atoms with van der Waals surface area (Å²) in [4.78, 5) is 17.6. The topological polar surface area (TPSA) is 42.0 Å². The van der Waals surface area contributed by atoms with Gasteiger partial charge in [-0.05, 0) is 38.0 Å². The highest BCUT2D eigenvalue weighted by molar-refractivity contribution is 5.79. The van der Waals surface area contributed by atoms with Crippen LogP contribution in [0.3, 0.4) is 0 Å². The second kappa shape index (κ2) is 7.08. The van der Waals surface area contributed by atoms with Crippen molar-refractivity contribution in [3.63, 3.8) is 0 Å². The van der Waals surface area contributed by atoms with E-state index in [0.717, 1.165) is 45.6 Å². The Bertz CT molecular complexity index is 418. The highest BCUT2D eigenvalue weighted by Crippen LogP contribution is 2.31. The van der Waals surface area contributed by atoms with E-state index in [1.165, 1.54) is 25.7 Å². The first-order valence-corrected chi connectivity index (χ1v) is 9.54. The maximum Gasteiger partial charge on any atom is 0.237 e. The van der Waals surface area contributed by atoms with Crippen LogP contribution in [0.2, 0.25) is 0 Å². The van der Waals surface area contributed by atoms with E-state index in [-0.39, 0.29) is 0 Å². The van der Waals surface area contributed by atoms with Crippen LogP contribution in [0.15, 0.2) is 0 Å². The maximum absolute atomic E-state index is 13.0. The Morgan fingerprint density at radius 2 is 1.96 bits per heavy atom. The van der Waals surface area contributed by atoms with E-state index >= 15 is 0 Å². The Balaban J connectivity index is 1.36. The molecule has 4 aliphatic rings. The summed E-state index contributed by atoms with van der Waals surface area (Å²) >= 11 is 0. The van der Waals surface area contributed by atoms with Crippen LogP contribution in [0.5, 0.6) is 0 Å². The van der Waals surface area contributed by atoms with Crippen LogP contribution in [0.1, 0.15) is 44.9 Å². The van der Waals surface area contributed by atoms with Gasteiger partial charge in [-0.2, -0.15) is 0 Å². The van der Waals surface area contributed by atoms with Crippen LogP contribution < -0.4 is 0 Å². The van der Waals surface area contributed by atoms with Crippen molar-refractivity contribution in [2.75, 3.05) is 39.5 Å². The van der Waals surface area contributed by atoms with Crippen molar-refractivity contribution >= 4 is 5.91 Å². The number of carbonyl (C=O) groups is 1. The van der Waals surface area contributed by atoms with Crippen LogP contribution in [0, 0.1) is 5.92 Å². The monoisotopic (exact) mass is 322 g/mol. The van der Waals surface area contributed by atoms with Gasteiger partial charge < -0.3 is 14.4 Å². The number of carbonyl (C=O) groups excluding carboxylic acids is 1. The molecule has 4 rings (SSSR count). The van der Waals surface area contributed by atoms with Gasteiger partial charge in [0.2, 0.25) is 5.91 Å². The average molecular weight is 322 g/mol. The van der Waals surface area contributed by atoms with E-state index in [1.54, 1.807) is 0 Å². The SMILES string of the molecule is O=C(CN(C[C@@H]1CCOC1)C1CC1)N1CCO[C@@H]2CCCC[C@H]21. The molecule has 0 aromatic carbocycles. The standard InChI is InChI=1S/C18H30N2O3/c21-18(20-8-10-23-17-4-2-1-3-16(17)20)12-19(15-5-6-15)11-14-7-9-22-13-14/h14-17H,1-13H2/t14-,16+,17+/m0/s1. The van der Waals surface area contributed by atoms with Gasteiger partial charge in [0.1, 0.15) is 0 Å². The van der Waals surface area contributed by atoms with Crippen LogP contribution in [-0.2, 0) is 14.3 Å². The van der Waals surface area contributed by atoms with Gasteiger partial charge in [-0.1, -0.05) is 12.8 Å². The highest BCUT2D eigenvalue weighted by Gasteiger charge is 2.39. The highest BCUT2D eigenvalue weighted by atomic mass is 16.5. The summed E-state index contributed by atoms with van der Waals surface area (Å²) in [6.07, 6.45) is 8.69. The molecule has 0 radical (unpaired) electrons. The summed E-state index contributed by atoms with van der Waals surface area (Å²) in [7, 11) is 0. The number of ether oxygens (including phenoxy) is 2. The van der Waals surface area contributed by atoms with Gasteiger partial charge in [0.15, 0.2) is 0 Å². The first-order chi connectivity index (χ1) is 11.3. The zero-order valence-corrected chi connectivity index (χ0v) is 14.1. The largest absolute Gasteiger partial charge is 0.381 e. The fourth-order valence-electron chi connectivity index (χ4n) is 4.51. The fourth-order valence-corrected chi connectivity index (χ4v) is 4.51. The lowest BCUT2D eigenvalue weighted by molar-refractivity contribution is -0.151. The molecular formula is C18H30N2O3. The lowest BCUT2D eigenvalue weighted by Gasteiger charge is -2.44. The van der Waals surface area contributed by atoms with Gasteiger partial charge in [-0.15, -0.1) is 0 Å². The smallest absolute Gasteiger partial charge is 0.237 e. The van der Waals surface area contributed by atoms with Crippen LogP contribution in [-0.4, -0.2) is 73.3 Å². The van der Waals surface area contributed by atoms with Gasteiger partial charge in [0.05, 0.1) is 31.9 Å². The molecule has 0 unspecified atom stereocenters. The molecule has 3 atom stereocenters. The minimum Gasteiger partial charge on any atom is -0.381 e.